The van der Waals surface area contributed by atoms with E-state index in [1.54, 1.807) is 0 Å². The van der Waals surface area contributed by atoms with E-state index in [0.717, 1.165) is 48.9 Å². The van der Waals surface area contributed by atoms with Crippen LogP contribution in [-0.2, 0) is 0 Å². The molecule has 1 aliphatic heterocycles. The zero-order chi connectivity index (χ0) is 15.3. The lowest BCUT2D eigenvalue weighted by molar-refractivity contribution is -0.100. The topological polar surface area (TPSA) is 67.1 Å². The van der Waals surface area contributed by atoms with Crippen LogP contribution in [0.15, 0.2) is 12.3 Å². The standard InChI is InChI=1S/C17H27N5/c1-17(2)12-4-3-11(15(17)5-12)7-19-16-6-14(8-20-21-16)22-9-13(18)10-22/h6,8,11-13,15H,3-5,7,9-10,18H2,1-2H3,(H,19,21)/t11-,12+,15+/m1/s1. The molecule has 0 unspecified atom stereocenters. The first-order valence-electron chi connectivity index (χ1n) is 8.61. The van der Waals surface area contributed by atoms with Gasteiger partial charge in [-0.2, -0.15) is 5.10 Å². The molecule has 0 spiro atoms. The Labute approximate surface area is 132 Å². The fourth-order valence-electron chi connectivity index (χ4n) is 4.78. The average molecular weight is 301 g/mol. The number of fused-ring (bicyclic) bond motifs is 2. The second-order valence-electron chi connectivity index (χ2n) is 8.04. The molecule has 5 nitrogen and oxygen atoms in total. The molecule has 1 aromatic rings. The zero-order valence-corrected chi connectivity index (χ0v) is 13.6. The number of aromatic nitrogens is 2. The van der Waals surface area contributed by atoms with Crippen LogP contribution in [0.25, 0.3) is 0 Å². The Morgan fingerprint density at radius 3 is 2.86 bits per heavy atom. The third-order valence-electron chi connectivity index (χ3n) is 6.46. The lowest BCUT2D eigenvalue weighted by Crippen LogP contribution is -2.55. The Morgan fingerprint density at radius 2 is 2.18 bits per heavy atom. The van der Waals surface area contributed by atoms with Crippen LogP contribution >= 0.6 is 0 Å². The highest BCUT2D eigenvalue weighted by atomic mass is 15.2. The third kappa shape index (κ3) is 2.26. The number of nitrogens with one attached hydrogen (secondary N) is 1. The minimum Gasteiger partial charge on any atom is -0.368 e. The normalized spacial score (nSPS) is 33.0. The monoisotopic (exact) mass is 301 g/mol. The van der Waals surface area contributed by atoms with Crippen LogP contribution < -0.4 is 16.0 Å². The van der Waals surface area contributed by atoms with Gasteiger partial charge in [0.15, 0.2) is 5.82 Å². The van der Waals surface area contributed by atoms with E-state index in [2.05, 4.69) is 40.3 Å². The SMILES string of the molecule is CC1(C)[C@H]2CC[C@H](CNc3cc(N4CC(N)C4)cnn3)[C@@H]1C2. The Balaban J connectivity index is 1.37. The highest BCUT2D eigenvalue weighted by Crippen LogP contribution is 2.61. The summed E-state index contributed by atoms with van der Waals surface area (Å²) >= 11 is 0. The molecule has 1 aromatic heterocycles. The molecule has 3 saturated carbocycles. The van der Waals surface area contributed by atoms with Gasteiger partial charge >= 0.3 is 0 Å². The molecule has 1 saturated heterocycles. The van der Waals surface area contributed by atoms with Crippen LogP contribution in [0, 0.1) is 23.2 Å². The van der Waals surface area contributed by atoms with Gasteiger partial charge in [-0.15, -0.1) is 5.10 Å². The van der Waals surface area contributed by atoms with Crippen LogP contribution in [0.4, 0.5) is 11.5 Å². The van der Waals surface area contributed by atoms with Crippen LogP contribution in [0.5, 0.6) is 0 Å². The van der Waals surface area contributed by atoms with Crippen molar-refractivity contribution in [1.82, 2.24) is 10.2 Å². The van der Waals surface area contributed by atoms with Crippen LogP contribution in [0.3, 0.4) is 0 Å². The summed E-state index contributed by atoms with van der Waals surface area (Å²) in [5.74, 6) is 3.52. The first-order chi connectivity index (χ1) is 10.5. The van der Waals surface area contributed by atoms with Gasteiger partial charge in [0, 0.05) is 31.7 Å². The lowest BCUT2D eigenvalue weighted by Gasteiger charge is -2.60. The molecule has 0 amide bonds. The number of nitrogens with two attached hydrogens (primary N) is 1. The van der Waals surface area contributed by atoms with Crippen molar-refractivity contribution in [3.8, 4) is 0 Å². The van der Waals surface area contributed by atoms with Gasteiger partial charge < -0.3 is 16.0 Å². The highest BCUT2D eigenvalue weighted by molar-refractivity contribution is 5.54. The summed E-state index contributed by atoms with van der Waals surface area (Å²) in [6.45, 7) is 7.77. The largest absolute Gasteiger partial charge is 0.368 e. The summed E-state index contributed by atoms with van der Waals surface area (Å²) < 4.78 is 0. The second kappa shape index (κ2) is 5.08. The molecule has 5 rings (SSSR count). The smallest absolute Gasteiger partial charge is 0.150 e. The fraction of sp³-hybridized carbons (Fsp3) is 0.765. The van der Waals surface area contributed by atoms with Crippen molar-refractivity contribution in [2.75, 3.05) is 29.9 Å². The van der Waals surface area contributed by atoms with Crippen molar-refractivity contribution in [2.45, 2.75) is 39.2 Å². The quantitative estimate of drug-likeness (QED) is 0.891. The number of anilines is 2. The highest BCUT2D eigenvalue weighted by Gasteiger charge is 2.53. The van der Waals surface area contributed by atoms with Crippen molar-refractivity contribution in [3.05, 3.63) is 12.3 Å². The first-order valence-corrected chi connectivity index (χ1v) is 8.61. The van der Waals surface area contributed by atoms with E-state index in [0.29, 0.717) is 11.5 Å². The molecule has 3 aliphatic carbocycles. The fourth-order valence-corrected chi connectivity index (χ4v) is 4.78. The van der Waals surface area contributed by atoms with Crippen molar-refractivity contribution in [3.63, 3.8) is 0 Å². The molecule has 5 heteroatoms. The van der Waals surface area contributed by atoms with E-state index in [1.807, 2.05) is 6.20 Å². The van der Waals surface area contributed by atoms with E-state index in [4.69, 9.17) is 5.73 Å². The maximum atomic E-state index is 5.85. The van der Waals surface area contributed by atoms with Gasteiger partial charge in [-0.05, 0) is 42.4 Å². The van der Waals surface area contributed by atoms with Gasteiger partial charge in [-0.1, -0.05) is 13.8 Å². The minimum atomic E-state index is 0.306. The maximum absolute atomic E-state index is 5.85. The van der Waals surface area contributed by atoms with Crippen LogP contribution in [-0.4, -0.2) is 35.9 Å². The summed E-state index contributed by atoms with van der Waals surface area (Å²) in [7, 11) is 0. The lowest BCUT2D eigenvalue weighted by atomic mass is 9.45. The molecule has 0 radical (unpaired) electrons. The van der Waals surface area contributed by atoms with Crippen molar-refractivity contribution in [1.29, 1.82) is 0 Å². The number of nitrogens with zero attached hydrogens (tertiary/aromatic N) is 3. The van der Waals surface area contributed by atoms with E-state index in [-0.39, 0.29) is 0 Å². The van der Waals surface area contributed by atoms with Gasteiger partial charge in [0.1, 0.15) is 0 Å². The van der Waals surface area contributed by atoms with E-state index in [9.17, 15) is 0 Å². The van der Waals surface area contributed by atoms with Gasteiger partial charge in [-0.3, -0.25) is 0 Å². The number of hydrogen-bond donors (Lipinski definition) is 2. The predicted molar refractivity (Wildman–Crippen MR) is 88.8 cm³/mol. The third-order valence-corrected chi connectivity index (χ3v) is 6.46. The Morgan fingerprint density at radius 1 is 1.36 bits per heavy atom. The van der Waals surface area contributed by atoms with E-state index >= 15 is 0 Å². The van der Waals surface area contributed by atoms with Crippen molar-refractivity contribution < 1.29 is 0 Å². The molecule has 3 atom stereocenters. The Kier molecular flexibility index (Phi) is 3.29. The first kappa shape index (κ1) is 14.2. The molecule has 22 heavy (non-hydrogen) atoms. The Bertz CT molecular complexity index is 550. The predicted octanol–water partition coefficient (Wildman–Crippen LogP) is 2.11. The van der Waals surface area contributed by atoms with Gasteiger partial charge in [0.05, 0.1) is 11.9 Å². The van der Waals surface area contributed by atoms with E-state index < -0.39 is 0 Å². The van der Waals surface area contributed by atoms with Crippen molar-refractivity contribution in [2.24, 2.45) is 28.9 Å². The second-order valence-corrected chi connectivity index (χ2v) is 8.04. The number of hydrogen-bond acceptors (Lipinski definition) is 5. The molecule has 3 N–H and O–H groups in total. The maximum Gasteiger partial charge on any atom is 0.150 e. The molecule has 0 aromatic carbocycles. The molecular weight excluding hydrogens is 274 g/mol. The molecule has 4 aliphatic rings. The van der Waals surface area contributed by atoms with Gasteiger partial charge in [0.2, 0.25) is 0 Å². The van der Waals surface area contributed by atoms with E-state index in [1.165, 1.54) is 19.3 Å². The van der Waals surface area contributed by atoms with Crippen LogP contribution in [0.2, 0.25) is 0 Å². The number of rotatable bonds is 4. The summed E-state index contributed by atoms with van der Waals surface area (Å²) in [4.78, 5) is 2.25. The van der Waals surface area contributed by atoms with Gasteiger partial charge in [0.25, 0.3) is 0 Å². The summed E-state index contributed by atoms with van der Waals surface area (Å²) in [5, 5.41) is 11.9. The summed E-state index contributed by atoms with van der Waals surface area (Å²) in [6, 6.07) is 2.41. The molecule has 120 valence electrons. The Hall–Kier alpha value is -1.36. The zero-order valence-electron chi connectivity index (χ0n) is 13.6. The average Bonchev–Trinajstić information content (AvgIpc) is 2.50. The molecular formula is C17H27N5. The summed E-state index contributed by atoms with van der Waals surface area (Å²) in [6.07, 6.45) is 6.02. The minimum absolute atomic E-state index is 0.306. The van der Waals surface area contributed by atoms with Crippen molar-refractivity contribution >= 4 is 11.5 Å². The molecule has 2 heterocycles. The summed E-state index contributed by atoms with van der Waals surface area (Å²) in [5.41, 5.74) is 7.53. The van der Waals surface area contributed by atoms with Gasteiger partial charge in [-0.25, -0.2) is 0 Å². The molecule has 2 bridgehead atoms. The van der Waals surface area contributed by atoms with Crippen LogP contribution in [0.1, 0.15) is 33.1 Å². The molecule has 4 fully saturated rings.